The fourth-order valence-corrected chi connectivity index (χ4v) is 3.88. The summed E-state index contributed by atoms with van der Waals surface area (Å²) in [6, 6.07) is 13.2. The van der Waals surface area contributed by atoms with E-state index in [0.717, 1.165) is 15.1 Å². The van der Waals surface area contributed by atoms with Crippen LogP contribution in [0.25, 0.3) is 10.2 Å². The van der Waals surface area contributed by atoms with Gasteiger partial charge in [0.05, 0.1) is 34.5 Å². The van der Waals surface area contributed by atoms with Crippen LogP contribution in [0.1, 0.15) is 23.7 Å². The van der Waals surface area contributed by atoms with Crippen LogP contribution in [0, 0.1) is 0 Å². The van der Waals surface area contributed by atoms with Gasteiger partial charge in [-0.05, 0) is 43.3 Å². The van der Waals surface area contributed by atoms with E-state index < -0.39 is 12.0 Å². The molecule has 148 valence electrons. The molecule has 1 aromatic heterocycles. The number of carbonyl (C=O) groups excluding carboxylic acids is 3. The molecule has 2 N–H and O–H groups in total. The second-order valence-corrected chi connectivity index (χ2v) is 7.38. The number of ether oxygens (including phenoxy) is 1. The van der Waals surface area contributed by atoms with Crippen molar-refractivity contribution < 1.29 is 19.1 Å². The molecule has 2 heterocycles. The summed E-state index contributed by atoms with van der Waals surface area (Å²) >= 11 is 1.45. The van der Waals surface area contributed by atoms with Crippen molar-refractivity contribution in [3.05, 3.63) is 54.1 Å². The number of rotatable bonds is 6. The maximum absolute atomic E-state index is 12.7. The molecule has 4 rings (SSSR count). The van der Waals surface area contributed by atoms with Crippen molar-refractivity contribution in [2.24, 2.45) is 0 Å². The number of aromatic nitrogens is 1. The zero-order valence-electron chi connectivity index (χ0n) is 15.5. The zero-order chi connectivity index (χ0) is 20.4. The van der Waals surface area contributed by atoms with Gasteiger partial charge in [-0.1, -0.05) is 23.5 Å². The Kier molecular flexibility index (Phi) is 5.24. The molecule has 1 aliphatic heterocycles. The minimum absolute atomic E-state index is 0.0242. The Balaban J connectivity index is 1.43. The highest BCUT2D eigenvalue weighted by atomic mass is 32.1. The number of nitrogens with zero attached hydrogens (tertiary/aromatic N) is 2. The molecule has 0 aliphatic carbocycles. The highest BCUT2D eigenvalue weighted by Crippen LogP contribution is 2.26. The number of fused-ring (bicyclic) bond motifs is 1. The van der Waals surface area contributed by atoms with E-state index >= 15 is 0 Å². The van der Waals surface area contributed by atoms with Crippen LogP contribution in [0.3, 0.4) is 0 Å². The first-order valence-corrected chi connectivity index (χ1v) is 9.89. The number of nitrogens with one attached hydrogen (secondary N) is 2. The molecular formula is C20H18N4O4S. The number of benzene rings is 2. The van der Waals surface area contributed by atoms with Crippen molar-refractivity contribution in [2.45, 2.75) is 19.4 Å². The van der Waals surface area contributed by atoms with Crippen molar-refractivity contribution in [1.29, 1.82) is 0 Å². The van der Waals surface area contributed by atoms with E-state index in [1.165, 1.54) is 23.5 Å². The Morgan fingerprint density at radius 3 is 2.69 bits per heavy atom. The smallest absolute Gasteiger partial charge is 0.338 e. The molecule has 1 saturated heterocycles. The van der Waals surface area contributed by atoms with Crippen molar-refractivity contribution >= 4 is 50.2 Å². The summed E-state index contributed by atoms with van der Waals surface area (Å²) < 4.78 is 5.96. The summed E-state index contributed by atoms with van der Waals surface area (Å²) in [5, 5.41) is 0.615. The van der Waals surface area contributed by atoms with Crippen molar-refractivity contribution in [3.63, 3.8) is 0 Å². The predicted octanol–water partition coefficient (Wildman–Crippen LogP) is 2.72. The Morgan fingerprint density at radius 2 is 1.97 bits per heavy atom. The molecule has 0 bridgehead atoms. The summed E-state index contributed by atoms with van der Waals surface area (Å²) in [7, 11) is 0. The first-order chi connectivity index (χ1) is 14.1. The SMILES string of the molecule is CCOC(=O)c1ccc(N2C(=O)CC(NNc3nc4ccccc4s3)C2=O)cc1. The van der Waals surface area contributed by atoms with Gasteiger partial charge in [-0.3, -0.25) is 15.0 Å². The standard InChI is InChI=1S/C20H18N4O4S/c1-2-28-19(27)12-7-9-13(10-8-12)24-17(25)11-15(18(24)26)22-23-20-21-14-5-3-4-6-16(14)29-20/h3-10,15,22H,2,11H2,1H3,(H,21,23). The van der Waals surface area contributed by atoms with Crippen molar-refractivity contribution in [3.8, 4) is 0 Å². The van der Waals surface area contributed by atoms with E-state index in [9.17, 15) is 14.4 Å². The molecule has 0 spiro atoms. The lowest BCUT2D eigenvalue weighted by atomic mass is 10.2. The number of anilines is 2. The summed E-state index contributed by atoms with van der Waals surface area (Å²) in [6.45, 7) is 2.00. The molecule has 3 aromatic rings. The number of thiazole rings is 1. The first-order valence-electron chi connectivity index (χ1n) is 9.08. The molecule has 2 amide bonds. The molecule has 9 heteroatoms. The summed E-state index contributed by atoms with van der Waals surface area (Å²) in [5.41, 5.74) is 7.47. The summed E-state index contributed by atoms with van der Waals surface area (Å²) in [6.07, 6.45) is 0.0242. The third-order valence-corrected chi connectivity index (χ3v) is 5.38. The van der Waals surface area contributed by atoms with E-state index in [1.54, 1.807) is 19.1 Å². The van der Waals surface area contributed by atoms with Crippen molar-refractivity contribution in [1.82, 2.24) is 10.4 Å². The van der Waals surface area contributed by atoms with Crippen LogP contribution >= 0.6 is 11.3 Å². The quantitative estimate of drug-likeness (QED) is 0.366. The highest BCUT2D eigenvalue weighted by Gasteiger charge is 2.39. The molecular weight excluding hydrogens is 392 g/mol. The summed E-state index contributed by atoms with van der Waals surface area (Å²) in [5.74, 6) is -1.13. The maximum atomic E-state index is 12.7. The third kappa shape index (κ3) is 3.82. The average Bonchev–Trinajstić information content (AvgIpc) is 3.26. The van der Waals surface area contributed by atoms with Crippen LogP contribution in [0.15, 0.2) is 48.5 Å². The van der Waals surface area contributed by atoms with Crippen LogP contribution in [0.2, 0.25) is 0 Å². The van der Waals surface area contributed by atoms with E-state index in [1.807, 2.05) is 24.3 Å². The van der Waals surface area contributed by atoms with Gasteiger partial charge in [-0.2, -0.15) is 0 Å². The summed E-state index contributed by atoms with van der Waals surface area (Å²) in [4.78, 5) is 42.4. The topological polar surface area (TPSA) is 101 Å². The number of hydrogen-bond donors (Lipinski definition) is 2. The fourth-order valence-electron chi connectivity index (χ4n) is 3.05. The number of carbonyl (C=O) groups is 3. The normalized spacial score (nSPS) is 16.4. The van der Waals surface area contributed by atoms with E-state index in [4.69, 9.17) is 4.74 Å². The van der Waals surface area contributed by atoms with Gasteiger partial charge < -0.3 is 4.74 Å². The van der Waals surface area contributed by atoms with E-state index in [2.05, 4.69) is 15.8 Å². The van der Waals surface area contributed by atoms with Gasteiger partial charge in [0.25, 0.3) is 5.91 Å². The lowest BCUT2D eigenvalue weighted by Gasteiger charge is -2.16. The Hall–Kier alpha value is -3.30. The third-order valence-electron chi connectivity index (χ3n) is 4.43. The van der Waals surface area contributed by atoms with Gasteiger partial charge in [0.1, 0.15) is 6.04 Å². The predicted molar refractivity (Wildman–Crippen MR) is 110 cm³/mol. The largest absolute Gasteiger partial charge is 0.462 e. The monoisotopic (exact) mass is 410 g/mol. The van der Waals surface area contributed by atoms with Gasteiger partial charge in [-0.25, -0.2) is 20.1 Å². The minimum atomic E-state index is -0.709. The van der Waals surface area contributed by atoms with Crippen LogP contribution in [0.5, 0.6) is 0 Å². The zero-order valence-corrected chi connectivity index (χ0v) is 16.4. The molecule has 1 unspecified atom stereocenters. The Bertz CT molecular complexity index is 1050. The van der Waals surface area contributed by atoms with Crippen LogP contribution in [-0.2, 0) is 14.3 Å². The number of amides is 2. The lowest BCUT2D eigenvalue weighted by Crippen LogP contribution is -2.41. The highest BCUT2D eigenvalue weighted by molar-refractivity contribution is 7.22. The molecule has 0 radical (unpaired) electrons. The lowest BCUT2D eigenvalue weighted by molar-refractivity contribution is -0.121. The van der Waals surface area contributed by atoms with Crippen LogP contribution in [-0.4, -0.2) is 35.4 Å². The van der Waals surface area contributed by atoms with Crippen LogP contribution in [0.4, 0.5) is 10.8 Å². The minimum Gasteiger partial charge on any atom is -0.462 e. The molecule has 1 aliphatic rings. The number of hydrogen-bond acceptors (Lipinski definition) is 8. The fraction of sp³-hybridized carbons (Fsp3) is 0.200. The van der Waals surface area contributed by atoms with Gasteiger partial charge in [0.2, 0.25) is 5.91 Å². The second kappa shape index (κ2) is 7.98. The van der Waals surface area contributed by atoms with Crippen molar-refractivity contribution in [2.75, 3.05) is 16.9 Å². The van der Waals surface area contributed by atoms with Crippen LogP contribution < -0.4 is 15.8 Å². The van der Waals surface area contributed by atoms with Gasteiger partial charge in [0.15, 0.2) is 5.13 Å². The van der Waals surface area contributed by atoms with E-state index in [-0.39, 0.29) is 24.8 Å². The molecule has 2 aromatic carbocycles. The first kappa shape index (κ1) is 19.0. The van der Waals surface area contributed by atoms with Gasteiger partial charge in [0, 0.05) is 0 Å². The number of hydrazine groups is 1. The molecule has 8 nitrogen and oxygen atoms in total. The maximum Gasteiger partial charge on any atom is 0.338 e. The Morgan fingerprint density at radius 1 is 1.21 bits per heavy atom. The van der Waals surface area contributed by atoms with Gasteiger partial charge >= 0.3 is 5.97 Å². The Labute approximate surface area is 170 Å². The average molecular weight is 410 g/mol. The molecule has 0 saturated carbocycles. The number of para-hydroxylation sites is 1. The number of esters is 1. The molecule has 1 atom stereocenters. The van der Waals surface area contributed by atoms with Gasteiger partial charge in [-0.15, -0.1) is 0 Å². The van der Waals surface area contributed by atoms with E-state index in [0.29, 0.717) is 16.4 Å². The molecule has 29 heavy (non-hydrogen) atoms. The second-order valence-electron chi connectivity index (χ2n) is 6.35. The number of imide groups is 1. The molecule has 1 fully saturated rings.